The van der Waals surface area contributed by atoms with Crippen LogP contribution in [0.25, 0.3) is 0 Å². The van der Waals surface area contributed by atoms with Gasteiger partial charge in [0, 0.05) is 24.3 Å². The summed E-state index contributed by atoms with van der Waals surface area (Å²) in [6.07, 6.45) is 1.01. The summed E-state index contributed by atoms with van der Waals surface area (Å²) in [5, 5.41) is 5.78. The topological polar surface area (TPSA) is 44.4 Å². The van der Waals surface area contributed by atoms with E-state index in [1.54, 1.807) is 0 Å². The van der Waals surface area contributed by atoms with Crippen LogP contribution < -0.4 is 10.6 Å². The molecule has 0 aliphatic carbocycles. The van der Waals surface area contributed by atoms with Crippen molar-refractivity contribution < 1.29 is 13.6 Å². The normalized spacial score (nSPS) is 17.9. The molecule has 0 aromatic heterocycles. The lowest BCUT2D eigenvalue weighted by atomic mass is 10.2. The lowest BCUT2D eigenvalue weighted by molar-refractivity contribution is -0.117. The fourth-order valence-electron chi connectivity index (χ4n) is 2.15. The molecule has 1 saturated heterocycles. The first-order chi connectivity index (χ1) is 9.06. The Balaban J connectivity index is 0.00000200. The zero-order valence-electron chi connectivity index (χ0n) is 11.2. The molecule has 112 valence electrons. The number of rotatable bonds is 4. The highest BCUT2D eigenvalue weighted by molar-refractivity contribution is 5.92. The number of anilines is 1. The van der Waals surface area contributed by atoms with Crippen LogP contribution in [-0.2, 0) is 4.79 Å². The Morgan fingerprint density at radius 3 is 2.80 bits per heavy atom. The first-order valence-electron chi connectivity index (χ1n) is 6.22. The molecule has 0 radical (unpaired) electrons. The lowest BCUT2D eigenvalue weighted by Gasteiger charge is -2.22. The van der Waals surface area contributed by atoms with Gasteiger partial charge in [0.25, 0.3) is 0 Å². The molecule has 1 unspecified atom stereocenters. The average Bonchev–Trinajstić information content (AvgIpc) is 2.87. The molecule has 4 nitrogen and oxygen atoms in total. The molecular formula is C13H18ClF2N3O. The van der Waals surface area contributed by atoms with Crippen LogP contribution in [0, 0.1) is 11.6 Å². The molecule has 0 saturated carbocycles. The zero-order valence-corrected chi connectivity index (χ0v) is 12.0. The summed E-state index contributed by atoms with van der Waals surface area (Å²) in [5.41, 5.74) is 0.266. The molecule has 1 atom stereocenters. The second-order valence-electron chi connectivity index (χ2n) is 4.74. The quantitative estimate of drug-likeness (QED) is 0.888. The van der Waals surface area contributed by atoms with Crippen molar-refractivity contribution in [2.24, 2.45) is 0 Å². The van der Waals surface area contributed by atoms with Crippen LogP contribution in [0.15, 0.2) is 18.2 Å². The lowest BCUT2D eigenvalue weighted by Crippen LogP contribution is -2.39. The molecular weight excluding hydrogens is 288 g/mol. The van der Waals surface area contributed by atoms with Crippen molar-refractivity contribution in [2.45, 2.75) is 12.5 Å². The van der Waals surface area contributed by atoms with Gasteiger partial charge in [-0.1, -0.05) is 0 Å². The summed E-state index contributed by atoms with van der Waals surface area (Å²) in [4.78, 5) is 13.7. The van der Waals surface area contributed by atoms with E-state index in [9.17, 15) is 13.6 Å². The van der Waals surface area contributed by atoms with Gasteiger partial charge in [-0.25, -0.2) is 8.78 Å². The van der Waals surface area contributed by atoms with E-state index in [0.717, 1.165) is 31.6 Å². The van der Waals surface area contributed by atoms with Crippen molar-refractivity contribution >= 4 is 24.0 Å². The highest BCUT2D eigenvalue weighted by atomic mass is 35.5. The first-order valence-corrected chi connectivity index (χ1v) is 6.22. The minimum Gasteiger partial charge on any atom is -0.325 e. The molecule has 7 heteroatoms. The van der Waals surface area contributed by atoms with Gasteiger partial charge in [0.15, 0.2) is 11.6 Å². The highest BCUT2D eigenvalue weighted by Gasteiger charge is 2.20. The van der Waals surface area contributed by atoms with Gasteiger partial charge in [0.2, 0.25) is 5.91 Å². The van der Waals surface area contributed by atoms with Gasteiger partial charge in [0.05, 0.1) is 6.54 Å². The predicted molar refractivity (Wildman–Crippen MR) is 76.1 cm³/mol. The number of nitrogens with one attached hydrogen (secondary N) is 2. The van der Waals surface area contributed by atoms with Gasteiger partial charge in [-0.05, 0) is 32.1 Å². The van der Waals surface area contributed by atoms with E-state index in [-0.39, 0.29) is 30.5 Å². The average molecular weight is 306 g/mol. The van der Waals surface area contributed by atoms with Crippen LogP contribution in [0.3, 0.4) is 0 Å². The summed E-state index contributed by atoms with van der Waals surface area (Å²) in [5.74, 6) is -2.13. The van der Waals surface area contributed by atoms with Crippen molar-refractivity contribution in [3.8, 4) is 0 Å². The molecule has 1 aromatic rings. The van der Waals surface area contributed by atoms with Crippen molar-refractivity contribution in [1.29, 1.82) is 0 Å². The van der Waals surface area contributed by atoms with Crippen molar-refractivity contribution in [3.05, 3.63) is 29.8 Å². The summed E-state index contributed by atoms with van der Waals surface area (Å²) in [6.45, 7) is 2.06. The number of carbonyl (C=O) groups excluding carboxylic acids is 1. The van der Waals surface area contributed by atoms with Crippen molar-refractivity contribution in [1.82, 2.24) is 10.2 Å². The zero-order chi connectivity index (χ0) is 13.8. The second-order valence-corrected chi connectivity index (χ2v) is 4.74. The summed E-state index contributed by atoms with van der Waals surface area (Å²) < 4.78 is 25.7. The van der Waals surface area contributed by atoms with Crippen molar-refractivity contribution in [3.63, 3.8) is 0 Å². The van der Waals surface area contributed by atoms with E-state index in [0.29, 0.717) is 6.04 Å². The van der Waals surface area contributed by atoms with E-state index in [1.165, 1.54) is 6.07 Å². The number of amides is 1. The maximum atomic E-state index is 13.0. The third kappa shape index (κ3) is 4.40. The number of benzene rings is 1. The molecule has 1 aromatic carbocycles. The van der Waals surface area contributed by atoms with Gasteiger partial charge < -0.3 is 10.6 Å². The first kappa shape index (κ1) is 16.8. The number of halogens is 3. The van der Waals surface area contributed by atoms with Gasteiger partial charge in [-0.15, -0.1) is 12.4 Å². The molecule has 1 amide bonds. The van der Waals surface area contributed by atoms with E-state index in [2.05, 4.69) is 10.6 Å². The van der Waals surface area contributed by atoms with Crippen LogP contribution in [0.5, 0.6) is 0 Å². The summed E-state index contributed by atoms with van der Waals surface area (Å²) in [7, 11) is 1.88. The van der Waals surface area contributed by atoms with E-state index in [1.807, 2.05) is 11.9 Å². The Morgan fingerprint density at radius 2 is 2.20 bits per heavy atom. The Labute approximate surface area is 122 Å². The predicted octanol–water partition coefficient (Wildman–Crippen LogP) is 1.62. The third-order valence-electron chi connectivity index (χ3n) is 3.25. The fraction of sp³-hybridized carbons (Fsp3) is 0.462. The number of carbonyl (C=O) groups is 1. The number of hydrogen-bond donors (Lipinski definition) is 2. The van der Waals surface area contributed by atoms with E-state index >= 15 is 0 Å². The van der Waals surface area contributed by atoms with Crippen LogP contribution in [0.1, 0.15) is 6.42 Å². The Bertz CT molecular complexity index is 467. The molecule has 1 aliphatic heterocycles. The molecule has 20 heavy (non-hydrogen) atoms. The van der Waals surface area contributed by atoms with Crippen LogP contribution >= 0.6 is 12.4 Å². The van der Waals surface area contributed by atoms with Crippen LogP contribution in [0.2, 0.25) is 0 Å². The number of likely N-dealkylation sites (N-methyl/N-ethyl adjacent to an activating group) is 1. The molecule has 1 aliphatic rings. The Kier molecular flexibility index (Phi) is 6.32. The maximum Gasteiger partial charge on any atom is 0.238 e. The largest absolute Gasteiger partial charge is 0.325 e. The Hall–Kier alpha value is -1.24. The molecule has 2 rings (SSSR count). The second kappa shape index (κ2) is 7.52. The van der Waals surface area contributed by atoms with Gasteiger partial charge >= 0.3 is 0 Å². The monoisotopic (exact) mass is 305 g/mol. The molecule has 1 fully saturated rings. The van der Waals surface area contributed by atoms with Crippen LogP contribution in [0.4, 0.5) is 14.5 Å². The summed E-state index contributed by atoms with van der Waals surface area (Å²) in [6, 6.07) is 3.66. The molecule has 2 N–H and O–H groups in total. The smallest absolute Gasteiger partial charge is 0.238 e. The maximum absolute atomic E-state index is 13.0. The molecule has 0 spiro atoms. The Morgan fingerprint density at radius 1 is 1.45 bits per heavy atom. The number of nitrogens with zero attached hydrogens (tertiary/aromatic N) is 1. The molecule has 0 bridgehead atoms. The minimum atomic E-state index is -0.967. The van der Waals surface area contributed by atoms with Crippen LogP contribution in [-0.4, -0.2) is 43.5 Å². The highest BCUT2D eigenvalue weighted by Crippen LogP contribution is 2.13. The van der Waals surface area contributed by atoms with E-state index in [4.69, 9.17) is 0 Å². The van der Waals surface area contributed by atoms with Gasteiger partial charge in [-0.2, -0.15) is 0 Å². The minimum absolute atomic E-state index is 0. The molecule has 1 heterocycles. The van der Waals surface area contributed by atoms with Gasteiger partial charge in [0.1, 0.15) is 0 Å². The fourth-order valence-corrected chi connectivity index (χ4v) is 2.15. The third-order valence-corrected chi connectivity index (χ3v) is 3.25. The SMILES string of the molecule is CN(CC(=O)Nc1ccc(F)c(F)c1)C1CCNC1.Cl. The van der Waals surface area contributed by atoms with Crippen molar-refractivity contribution in [2.75, 3.05) is 32.0 Å². The number of hydrogen-bond acceptors (Lipinski definition) is 3. The van der Waals surface area contributed by atoms with E-state index < -0.39 is 11.6 Å². The standard InChI is InChI=1S/C13H17F2N3O.ClH/c1-18(10-4-5-16-7-10)8-13(19)17-9-2-3-11(14)12(15)6-9;/h2-3,6,10,16H,4-5,7-8H2,1H3,(H,17,19);1H. The summed E-state index contributed by atoms with van der Waals surface area (Å²) >= 11 is 0. The van der Waals surface area contributed by atoms with Gasteiger partial charge in [-0.3, -0.25) is 9.69 Å².